The van der Waals surface area contributed by atoms with Crippen molar-refractivity contribution in [3.05, 3.63) is 35.6 Å². The first-order valence-electron chi connectivity index (χ1n) is 6.90. The second-order valence-electron chi connectivity index (χ2n) is 5.30. The molecule has 2 N–H and O–H groups in total. The summed E-state index contributed by atoms with van der Waals surface area (Å²) in [6.45, 7) is 1.70. The second kappa shape index (κ2) is 8.32. The van der Waals surface area contributed by atoms with Gasteiger partial charge in [0.25, 0.3) is 0 Å². The summed E-state index contributed by atoms with van der Waals surface area (Å²) < 4.78 is 18.4. The SMILES string of the molecule is CN(Cc1cccc(F)c1)C(=O)C(N)C1CCOCC1.Cl. The number of hydrogen-bond donors (Lipinski definition) is 1. The maximum absolute atomic E-state index is 13.1. The normalized spacial score (nSPS) is 16.9. The molecular formula is C15H22ClFN2O2. The number of rotatable bonds is 4. The summed E-state index contributed by atoms with van der Waals surface area (Å²) in [7, 11) is 1.70. The Morgan fingerprint density at radius 1 is 1.48 bits per heavy atom. The lowest BCUT2D eigenvalue weighted by Crippen LogP contribution is -2.47. The highest BCUT2D eigenvalue weighted by Gasteiger charge is 2.28. The van der Waals surface area contributed by atoms with Gasteiger partial charge in [-0.3, -0.25) is 4.79 Å². The zero-order chi connectivity index (χ0) is 14.5. The van der Waals surface area contributed by atoms with E-state index in [0.717, 1.165) is 18.4 Å². The van der Waals surface area contributed by atoms with Crippen molar-refractivity contribution >= 4 is 18.3 Å². The zero-order valence-electron chi connectivity index (χ0n) is 12.1. The number of benzene rings is 1. The molecule has 1 atom stereocenters. The van der Waals surface area contributed by atoms with E-state index in [2.05, 4.69) is 0 Å². The summed E-state index contributed by atoms with van der Waals surface area (Å²) in [5.41, 5.74) is 6.82. The fraction of sp³-hybridized carbons (Fsp3) is 0.533. The highest BCUT2D eigenvalue weighted by atomic mass is 35.5. The fourth-order valence-electron chi connectivity index (χ4n) is 2.52. The van der Waals surface area contributed by atoms with Gasteiger partial charge in [-0.1, -0.05) is 12.1 Å². The van der Waals surface area contributed by atoms with Gasteiger partial charge in [0.2, 0.25) is 5.91 Å². The first-order valence-corrected chi connectivity index (χ1v) is 6.90. The van der Waals surface area contributed by atoms with Gasteiger partial charge < -0.3 is 15.4 Å². The van der Waals surface area contributed by atoms with E-state index in [1.165, 1.54) is 12.1 Å². The molecule has 0 bridgehead atoms. The van der Waals surface area contributed by atoms with E-state index in [4.69, 9.17) is 10.5 Å². The lowest BCUT2D eigenvalue weighted by Gasteiger charge is -2.29. The molecule has 1 aromatic rings. The number of likely N-dealkylation sites (N-methyl/N-ethyl adjacent to an activating group) is 1. The van der Waals surface area contributed by atoms with Gasteiger partial charge in [-0.05, 0) is 36.5 Å². The van der Waals surface area contributed by atoms with Crippen LogP contribution in [-0.2, 0) is 16.1 Å². The Morgan fingerprint density at radius 3 is 2.76 bits per heavy atom. The monoisotopic (exact) mass is 316 g/mol. The van der Waals surface area contributed by atoms with Crippen LogP contribution in [0.15, 0.2) is 24.3 Å². The van der Waals surface area contributed by atoms with Crippen molar-refractivity contribution in [2.75, 3.05) is 20.3 Å². The molecule has 2 rings (SSSR count). The van der Waals surface area contributed by atoms with E-state index < -0.39 is 6.04 Å². The first kappa shape index (κ1) is 17.9. The Bertz CT molecular complexity index is 467. The smallest absolute Gasteiger partial charge is 0.239 e. The van der Waals surface area contributed by atoms with E-state index >= 15 is 0 Å². The molecule has 0 spiro atoms. The average molecular weight is 317 g/mol. The Kier molecular flexibility index (Phi) is 7.08. The molecule has 0 radical (unpaired) electrons. The summed E-state index contributed by atoms with van der Waals surface area (Å²) in [4.78, 5) is 13.9. The molecule has 1 aromatic carbocycles. The van der Waals surface area contributed by atoms with Crippen molar-refractivity contribution in [1.29, 1.82) is 0 Å². The summed E-state index contributed by atoms with van der Waals surface area (Å²) in [6, 6.07) is 5.76. The number of ether oxygens (including phenoxy) is 1. The molecule has 6 heteroatoms. The second-order valence-corrected chi connectivity index (χ2v) is 5.30. The number of nitrogens with two attached hydrogens (primary N) is 1. The minimum absolute atomic E-state index is 0. The first-order chi connectivity index (χ1) is 9.58. The molecule has 1 saturated heterocycles. The lowest BCUT2D eigenvalue weighted by atomic mass is 9.91. The Balaban J connectivity index is 0.00000220. The quantitative estimate of drug-likeness (QED) is 0.924. The van der Waals surface area contributed by atoms with Crippen LogP contribution >= 0.6 is 12.4 Å². The van der Waals surface area contributed by atoms with Crippen LogP contribution in [0.25, 0.3) is 0 Å². The summed E-state index contributed by atoms with van der Waals surface area (Å²) in [5, 5.41) is 0. The molecule has 118 valence electrons. The summed E-state index contributed by atoms with van der Waals surface area (Å²) in [5.74, 6) is -0.218. The van der Waals surface area contributed by atoms with Gasteiger partial charge in [-0.15, -0.1) is 12.4 Å². The number of carbonyl (C=O) groups is 1. The van der Waals surface area contributed by atoms with Crippen LogP contribution in [0.3, 0.4) is 0 Å². The molecule has 1 aliphatic heterocycles. The van der Waals surface area contributed by atoms with Crippen LogP contribution in [0.4, 0.5) is 4.39 Å². The molecule has 4 nitrogen and oxygen atoms in total. The third-order valence-electron chi connectivity index (χ3n) is 3.74. The van der Waals surface area contributed by atoms with Crippen LogP contribution in [-0.4, -0.2) is 37.1 Å². The molecule has 1 unspecified atom stereocenters. The molecule has 0 aliphatic carbocycles. The van der Waals surface area contributed by atoms with E-state index in [-0.39, 0.29) is 30.0 Å². The highest BCUT2D eigenvalue weighted by molar-refractivity contribution is 5.85. The molecular weight excluding hydrogens is 295 g/mol. The molecule has 1 aliphatic rings. The van der Waals surface area contributed by atoms with Crippen LogP contribution < -0.4 is 5.73 Å². The van der Waals surface area contributed by atoms with Crippen molar-refractivity contribution < 1.29 is 13.9 Å². The van der Waals surface area contributed by atoms with E-state index in [9.17, 15) is 9.18 Å². The number of hydrogen-bond acceptors (Lipinski definition) is 3. The predicted molar refractivity (Wildman–Crippen MR) is 81.6 cm³/mol. The van der Waals surface area contributed by atoms with Crippen molar-refractivity contribution in [3.8, 4) is 0 Å². The van der Waals surface area contributed by atoms with Crippen LogP contribution in [0, 0.1) is 11.7 Å². The molecule has 0 aromatic heterocycles. The maximum Gasteiger partial charge on any atom is 0.239 e. The predicted octanol–water partition coefficient (Wildman–Crippen LogP) is 1.96. The van der Waals surface area contributed by atoms with Crippen molar-refractivity contribution in [2.24, 2.45) is 11.7 Å². The standard InChI is InChI=1S/C15H21FN2O2.ClH/c1-18(10-11-3-2-4-13(16)9-11)15(19)14(17)12-5-7-20-8-6-12;/h2-4,9,12,14H,5-8,10,17H2,1H3;1H. The summed E-state index contributed by atoms with van der Waals surface area (Å²) in [6.07, 6.45) is 1.64. The van der Waals surface area contributed by atoms with E-state index in [0.29, 0.717) is 19.8 Å². The topological polar surface area (TPSA) is 55.6 Å². The molecule has 1 fully saturated rings. The third-order valence-corrected chi connectivity index (χ3v) is 3.74. The third kappa shape index (κ3) is 4.95. The highest BCUT2D eigenvalue weighted by Crippen LogP contribution is 2.19. The largest absolute Gasteiger partial charge is 0.381 e. The minimum atomic E-state index is -0.502. The zero-order valence-corrected chi connectivity index (χ0v) is 12.9. The minimum Gasteiger partial charge on any atom is -0.381 e. The Morgan fingerprint density at radius 2 is 2.14 bits per heavy atom. The number of amides is 1. The van der Waals surface area contributed by atoms with Gasteiger partial charge in [0.05, 0.1) is 6.04 Å². The van der Waals surface area contributed by atoms with Crippen molar-refractivity contribution in [2.45, 2.75) is 25.4 Å². The molecule has 1 heterocycles. The molecule has 0 saturated carbocycles. The Hall–Kier alpha value is -1.17. The molecule has 1 amide bonds. The van der Waals surface area contributed by atoms with Crippen molar-refractivity contribution in [1.82, 2.24) is 4.90 Å². The van der Waals surface area contributed by atoms with Gasteiger partial charge >= 0.3 is 0 Å². The summed E-state index contributed by atoms with van der Waals surface area (Å²) >= 11 is 0. The van der Waals surface area contributed by atoms with Gasteiger partial charge in [0.1, 0.15) is 5.82 Å². The molecule has 21 heavy (non-hydrogen) atoms. The van der Waals surface area contributed by atoms with E-state index in [1.807, 2.05) is 0 Å². The average Bonchev–Trinajstić information content (AvgIpc) is 2.46. The maximum atomic E-state index is 13.1. The number of nitrogens with zero attached hydrogens (tertiary/aromatic N) is 1. The Labute approximate surface area is 130 Å². The van der Waals surface area contributed by atoms with Gasteiger partial charge in [-0.2, -0.15) is 0 Å². The number of carbonyl (C=O) groups excluding carboxylic acids is 1. The van der Waals surface area contributed by atoms with E-state index in [1.54, 1.807) is 24.1 Å². The fourth-order valence-corrected chi connectivity index (χ4v) is 2.52. The van der Waals surface area contributed by atoms with Crippen LogP contribution in [0.1, 0.15) is 18.4 Å². The van der Waals surface area contributed by atoms with Crippen molar-refractivity contribution in [3.63, 3.8) is 0 Å². The van der Waals surface area contributed by atoms with Gasteiger partial charge in [0, 0.05) is 26.8 Å². The van der Waals surface area contributed by atoms with Gasteiger partial charge in [-0.25, -0.2) is 4.39 Å². The number of halogens is 2. The van der Waals surface area contributed by atoms with Gasteiger partial charge in [0.15, 0.2) is 0 Å². The van der Waals surface area contributed by atoms with Crippen LogP contribution in [0.2, 0.25) is 0 Å². The van der Waals surface area contributed by atoms with Crippen LogP contribution in [0.5, 0.6) is 0 Å². The lowest BCUT2D eigenvalue weighted by molar-refractivity contribution is -0.133.